The van der Waals surface area contributed by atoms with Gasteiger partial charge >= 0.3 is 5.97 Å². The van der Waals surface area contributed by atoms with Crippen molar-refractivity contribution in [1.29, 1.82) is 0 Å². The first-order valence-electron chi connectivity index (χ1n) is 9.01. The maximum atomic E-state index is 13.3. The summed E-state index contributed by atoms with van der Waals surface area (Å²) in [7, 11) is -1.49. The standard InChI is InChI=1S/C22H18O4S3/c1-2-25-22(23)20-21(29(24)17-6-4-3-5-7-17)18-9-8-16(12-19(18)28-20)26-13-15-10-11-27-14-15/h3-12,14H,2,13H2,1H3. The van der Waals surface area contributed by atoms with E-state index in [0.717, 1.165) is 15.6 Å². The van der Waals surface area contributed by atoms with E-state index in [4.69, 9.17) is 9.47 Å². The molecule has 1 unspecified atom stereocenters. The molecule has 2 heterocycles. The Morgan fingerprint density at radius 3 is 2.66 bits per heavy atom. The van der Waals surface area contributed by atoms with Crippen molar-refractivity contribution in [3.05, 3.63) is 75.8 Å². The highest BCUT2D eigenvalue weighted by atomic mass is 32.2. The van der Waals surface area contributed by atoms with Crippen LogP contribution in [0.25, 0.3) is 10.1 Å². The molecule has 1 atom stereocenters. The highest BCUT2D eigenvalue weighted by Crippen LogP contribution is 2.38. The summed E-state index contributed by atoms with van der Waals surface area (Å²) in [6.45, 7) is 2.50. The molecule has 0 aliphatic heterocycles. The average Bonchev–Trinajstić information content (AvgIpc) is 3.40. The van der Waals surface area contributed by atoms with Gasteiger partial charge in [0.05, 0.1) is 22.3 Å². The smallest absolute Gasteiger partial charge is 0.349 e. The van der Waals surface area contributed by atoms with E-state index in [1.54, 1.807) is 30.4 Å². The quantitative estimate of drug-likeness (QED) is 0.335. The van der Waals surface area contributed by atoms with Crippen LogP contribution in [0.2, 0.25) is 0 Å². The lowest BCUT2D eigenvalue weighted by Crippen LogP contribution is -2.06. The van der Waals surface area contributed by atoms with Gasteiger partial charge in [-0.05, 0) is 59.6 Å². The second-order valence-electron chi connectivity index (χ2n) is 6.14. The van der Waals surface area contributed by atoms with Gasteiger partial charge in [0, 0.05) is 15.0 Å². The third-order valence-electron chi connectivity index (χ3n) is 4.21. The molecular formula is C22H18O4S3. The van der Waals surface area contributed by atoms with Gasteiger partial charge in [-0.25, -0.2) is 9.00 Å². The number of carbonyl (C=O) groups is 1. The minimum atomic E-state index is -1.49. The molecular weight excluding hydrogens is 424 g/mol. The SMILES string of the molecule is CCOC(=O)c1sc2cc(OCc3ccsc3)ccc2c1S(=O)c1ccccc1. The second kappa shape index (κ2) is 8.90. The van der Waals surface area contributed by atoms with Gasteiger partial charge < -0.3 is 9.47 Å². The first-order chi connectivity index (χ1) is 14.2. The van der Waals surface area contributed by atoms with Crippen molar-refractivity contribution in [2.45, 2.75) is 23.3 Å². The Morgan fingerprint density at radius 1 is 1.10 bits per heavy atom. The highest BCUT2D eigenvalue weighted by Gasteiger charge is 2.25. The van der Waals surface area contributed by atoms with Gasteiger partial charge in [-0.3, -0.25) is 0 Å². The van der Waals surface area contributed by atoms with Gasteiger partial charge in [-0.15, -0.1) is 11.3 Å². The number of benzene rings is 2. The van der Waals surface area contributed by atoms with Gasteiger partial charge in [-0.1, -0.05) is 18.2 Å². The van der Waals surface area contributed by atoms with Crippen LogP contribution in [0.1, 0.15) is 22.2 Å². The number of rotatable bonds is 7. The van der Waals surface area contributed by atoms with E-state index < -0.39 is 16.8 Å². The normalized spacial score (nSPS) is 12.0. The fraction of sp³-hybridized carbons (Fsp3) is 0.136. The van der Waals surface area contributed by atoms with Crippen LogP contribution in [0.4, 0.5) is 0 Å². The first-order valence-corrected chi connectivity index (χ1v) is 11.9. The van der Waals surface area contributed by atoms with Gasteiger partial charge in [0.15, 0.2) is 0 Å². The minimum absolute atomic E-state index is 0.263. The van der Waals surface area contributed by atoms with Crippen molar-refractivity contribution in [1.82, 2.24) is 0 Å². The predicted molar refractivity (Wildman–Crippen MR) is 118 cm³/mol. The number of fused-ring (bicyclic) bond motifs is 1. The van der Waals surface area contributed by atoms with E-state index in [-0.39, 0.29) is 6.61 Å². The van der Waals surface area contributed by atoms with Crippen molar-refractivity contribution in [2.24, 2.45) is 0 Å². The van der Waals surface area contributed by atoms with E-state index in [1.807, 2.05) is 53.2 Å². The molecule has 4 nitrogen and oxygen atoms in total. The van der Waals surface area contributed by atoms with Crippen LogP contribution < -0.4 is 4.74 Å². The zero-order chi connectivity index (χ0) is 20.2. The summed E-state index contributed by atoms with van der Waals surface area (Å²) >= 11 is 2.92. The van der Waals surface area contributed by atoms with Crippen LogP contribution in [0.5, 0.6) is 5.75 Å². The predicted octanol–water partition coefficient (Wildman–Crippen LogP) is 5.89. The Labute approximate surface area is 179 Å². The maximum absolute atomic E-state index is 13.3. The van der Waals surface area contributed by atoms with E-state index in [9.17, 15) is 9.00 Å². The molecule has 0 amide bonds. The summed E-state index contributed by atoms with van der Waals surface area (Å²) in [6, 6.07) is 16.8. The van der Waals surface area contributed by atoms with Crippen molar-refractivity contribution in [3.63, 3.8) is 0 Å². The maximum Gasteiger partial charge on any atom is 0.349 e. The first kappa shape index (κ1) is 19.8. The van der Waals surface area contributed by atoms with Crippen molar-refractivity contribution < 1.29 is 18.5 Å². The molecule has 0 spiro atoms. The summed E-state index contributed by atoms with van der Waals surface area (Å²) in [5.41, 5.74) is 1.11. The van der Waals surface area contributed by atoms with E-state index >= 15 is 0 Å². The zero-order valence-corrected chi connectivity index (χ0v) is 18.1. The molecule has 7 heteroatoms. The van der Waals surface area contributed by atoms with Crippen molar-refractivity contribution in [2.75, 3.05) is 6.61 Å². The molecule has 0 N–H and O–H groups in total. The number of hydrogen-bond donors (Lipinski definition) is 0. The lowest BCUT2D eigenvalue weighted by Gasteiger charge is -2.06. The van der Waals surface area contributed by atoms with Crippen molar-refractivity contribution >= 4 is 49.5 Å². The van der Waals surface area contributed by atoms with Gasteiger partial charge in [-0.2, -0.15) is 11.3 Å². The molecule has 0 bridgehead atoms. The number of carbonyl (C=O) groups excluding carboxylic acids is 1. The summed E-state index contributed by atoms with van der Waals surface area (Å²) in [5, 5.41) is 4.84. The third-order valence-corrected chi connectivity index (χ3v) is 7.69. The Kier molecular flexibility index (Phi) is 6.08. The molecule has 0 aliphatic carbocycles. The van der Waals surface area contributed by atoms with Crippen LogP contribution >= 0.6 is 22.7 Å². The average molecular weight is 443 g/mol. The highest BCUT2D eigenvalue weighted by molar-refractivity contribution is 7.85. The number of thiophene rings is 2. The van der Waals surface area contributed by atoms with E-state index in [1.165, 1.54) is 11.3 Å². The second-order valence-corrected chi connectivity index (χ2v) is 9.39. The Hall–Kier alpha value is -2.48. The molecule has 0 radical (unpaired) electrons. The number of hydrogen-bond acceptors (Lipinski definition) is 6. The Morgan fingerprint density at radius 2 is 1.93 bits per heavy atom. The molecule has 2 aromatic carbocycles. The topological polar surface area (TPSA) is 52.6 Å². The Balaban J connectivity index is 1.74. The fourth-order valence-corrected chi connectivity index (χ4v) is 6.22. The summed E-state index contributed by atoms with van der Waals surface area (Å²) < 4.78 is 25.2. The van der Waals surface area contributed by atoms with Gasteiger partial charge in [0.2, 0.25) is 0 Å². The molecule has 0 saturated heterocycles. The van der Waals surface area contributed by atoms with Gasteiger partial charge in [0.1, 0.15) is 17.2 Å². The van der Waals surface area contributed by atoms with E-state index in [0.29, 0.717) is 27.0 Å². The lowest BCUT2D eigenvalue weighted by atomic mass is 10.2. The monoisotopic (exact) mass is 442 g/mol. The van der Waals surface area contributed by atoms with Crippen molar-refractivity contribution in [3.8, 4) is 5.75 Å². The third kappa shape index (κ3) is 4.27. The number of ether oxygens (including phenoxy) is 2. The summed E-state index contributed by atoms with van der Waals surface area (Å²) in [6.07, 6.45) is 0. The summed E-state index contributed by atoms with van der Waals surface area (Å²) in [5.74, 6) is 0.256. The molecule has 4 aromatic rings. The summed E-state index contributed by atoms with van der Waals surface area (Å²) in [4.78, 5) is 14.1. The fourth-order valence-electron chi connectivity index (χ4n) is 2.86. The Bertz CT molecular complexity index is 1150. The van der Waals surface area contributed by atoms with Gasteiger partial charge in [0.25, 0.3) is 0 Å². The minimum Gasteiger partial charge on any atom is -0.489 e. The largest absolute Gasteiger partial charge is 0.489 e. The van der Waals surface area contributed by atoms with Crippen LogP contribution in [0.3, 0.4) is 0 Å². The van der Waals surface area contributed by atoms with Crippen LogP contribution in [0, 0.1) is 0 Å². The molecule has 0 aliphatic rings. The molecule has 29 heavy (non-hydrogen) atoms. The molecule has 0 fully saturated rings. The van der Waals surface area contributed by atoms with Crippen LogP contribution in [-0.4, -0.2) is 16.8 Å². The lowest BCUT2D eigenvalue weighted by molar-refractivity contribution is 0.0528. The molecule has 4 rings (SSSR count). The van der Waals surface area contributed by atoms with Crippen LogP contribution in [0.15, 0.2) is 75.1 Å². The van der Waals surface area contributed by atoms with Crippen LogP contribution in [-0.2, 0) is 22.1 Å². The molecule has 148 valence electrons. The molecule has 2 aromatic heterocycles. The van der Waals surface area contributed by atoms with E-state index in [2.05, 4.69) is 0 Å². The number of esters is 1. The zero-order valence-electron chi connectivity index (χ0n) is 15.6. The molecule has 0 saturated carbocycles.